The van der Waals surface area contributed by atoms with E-state index in [9.17, 15) is 9.59 Å². The third-order valence-corrected chi connectivity index (χ3v) is 2.34. The minimum Gasteiger partial charge on any atom is -0.480 e. The second kappa shape index (κ2) is 9.15. The van der Waals surface area contributed by atoms with Gasteiger partial charge in [-0.1, -0.05) is 19.8 Å². The molecule has 0 aliphatic carbocycles. The van der Waals surface area contributed by atoms with E-state index in [1.165, 1.54) is 0 Å². The summed E-state index contributed by atoms with van der Waals surface area (Å²) in [5.41, 5.74) is 5.30. The molecule has 94 valence electrons. The van der Waals surface area contributed by atoms with Crippen molar-refractivity contribution >= 4 is 11.9 Å². The molecule has 0 heterocycles. The Morgan fingerprint density at radius 2 is 2.00 bits per heavy atom. The lowest BCUT2D eigenvalue weighted by Crippen LogP contribution is -2.40. The van der Waals surface area contributed by atoms with E-state index in [4.69, 9.17) is 10.8 Å². The van der Waals surface area contributed by atoms with Gasteiger partial charge >= 0.3 is 5.97 Å². The molecule has 5 nitrogen and oxygen atoms in total. The van der Waals surface area contributed by atoms with Crippen molar-refractivity contribution in [2.75, 3.05) is 6.54 Å². The zero-order chi connectivity index (χ0) is 12.4. The van der Waals surface area contributed by atoms with Crippen molar-refractivity contribution in [3.8, 4) is 0 Å². The van der Waals surface area contributed by atoms with Crippen molar-refractivity contribution in [3.63, 3.8) is 0 Å². The summed E-state index contributed by atoms with van der Waals surface area (Å²) in [5.74, 6) is -1.16. The molecule has 0 aromatic heterocycles. The number of carboxylic acids is 1. The van der Waals surface area contributed by atoms with Crippen molar-refractivity contribution in [2.24, 2.45) is 5.73 Å². The quantitative estimate of drug-likeness (QED) is 0.512. The topological polar surface area (TPSA) is 92.4 Å². The molecule has 0 aromatic carbocycles. The van der Waals surface area contributed by atoms with Crippen LogP contribution in [0, 0.1) is 0 Å². The van der Waals surface area contributed by atoms with Gasteiger partial charge in [-0.3, -0.25) is 4.79 Å². The summed E-state index contributed by atoms with van der Waals surface area (Å²) < 4.78 is 0. The molecule has 5 heteroatoms. The van der Waals surface area contributed by atoms with Gasteiger partial charge in [0.05, 0.1) is 0 Å². The van der Waals surface area contributed by atoms with E-state index in [0.29, 0.717) is 25.8 Å². The molecule has 0 bridgehead atoms. The minimum atomic E-state index is -0.958. The Bertz CT molecular complexity index is 219. The van der Waals surface area contributed by atoms with Gasteiger partial charge in [0, 0.05) is 6.42 Å². The molecule has 1 amide bonds. The van der Waals surface area contributed by atoms with Crippen molar-refractivity contribution in [3.05, 3.63) is 0 Å². The molecular weight excluding hydrogens is 208 g/mol. The van der Waals surface area contributed by atoms with Gasteiger partial charge in [-0.25, -0.2) is 4.79 Å². The van der Waals surface area contributed by atoms with Gasteiger partial charge in [0.2, 0.25) is 5.91 Å². The maximum Gasteiger partial charge on any atom is 0.326 e. The first-order valence-corrected chi connectivity index (χ1v) is 5.84. The van der Waals surface area contributed by atoms with E-state index in [1.54, 1.807) is 0 Å². The van der Waals surface area contributed by atoms with Gasteiger partial charge in [-0.2, -0.15) is 0 Å². The lowest BCUT2D eigenvalue weighted by Gasteiger charge is -2.13. The Balaban J connectivity index is 3.88. The summed E-state index contributed by atoms with van der Waals surface area (Å²) in [6.07, 6.45) is 4.08. The number of carboxylic acid groups (broad SMARTS) is 1. The number of carbonyl (C=O) groups is 2. The fourth-order valence-corrected chi connectivity index (χ4v) is 1.36. The smallest absolute Gasteiger partial charge is 0.326 e. The average molecular weight is 230 g/mol. The van der Waals surface area contributed by atoms with Crippen LogP contribution in [0.4, 0.5) is 0 Å². The maximum atomic E-state index is 11.4. The van der Waals surface area contributed by atoms with Gasteiger partial charge in [0.1, 0.15) is 6.04 Å². The Hall–Kier alpha value is -1.10. The van der Waals surface area contributed by atoms with Gasteiger partial charge in [0.15, 0.2) is 0 Å². The molecule has 0 fully saturated rings. The first-order chi connectivity index (χ1) is 7.61. The first-order valence-electron chi connectivity index (χ1n) is 5.84. The maximum absolute atomic E-state index is 11.4. The van der Waals surface area contributed by atoms with Crippen LogP contribution in [0.2, 0.25) is 0 Å². The Morgan fingerprint density at radius 1 is 1.31 bits per heavy atom. The van der Waals surface area contributed by atoms with Gasteiger partial charge in [-0.15, -0.1) is 0 Å². The van der Waals surface area contributed by atoms with Crippen molar-refractivity contribution in [1.29, 1.82) is 0 Å². The number of rotatable bonds is 9. The average Bonchev–Trinajstić information content (AvgIpc) is 2.24. The van der Waals surface area contributed by atoms with E-state index >= 15 is 0 Å². The number of hydrogen-bond donors (Lipinski definition) is 3. The lowest BCUT2D eigenvalue weighted by molar-refractivity contribution is -0.142. The first kappa shape index (κ1) is 14.9. The lowest BCUT2D eigenvalue weighted by atomic mass is 10.1. The summed E-state index contributed by atoms with van der Waals surface area (Å²) >= 11 is 0. The van der Waals surface area contributed by atoms with Crippen molar-refractivity contribution in [1.82, 2.24) is 5.32 Å². The van der Waals surface area contributed by atoms with Crippen LogP contribution < -0.4 is 11.1 Å². The van der Waals surface area contributed by atoms with Gasteiger partial charge in [-0.05, 0) is 25.8 Å². The number of nitrogens with two attached hydrogens (primary N) is 1. The zero-order valence-corrected chi connectivity index (χ0v) is 9.87. The number of hydrogen-bond acceptors (Lipinski definition) is 3. The van der Waals surface area contributed by atoms with E-state index < -0.39 is 12.0 Å². The van der Waals surface area contributed by atoms with Crippen LogP contribution in [0.3, 0.4) is 0 Å². The highest BCUT2D eigenvalue weighted by Gasteiger charge is 2.18. The second-order valence-electron chi connectivity index (χ2n) is 3.85. The van der Waals surface area contributed by atoms with Crippen LogP contribution in [0.25, 0.3) is 0 Å². The molecular formula is C11H22N2O3. The molecule has 0 rings (SSSR count). The Morgan fingerprint density at radius 3 is 2.50 bits per heavy atom. The third-order valence-electron chi connectivity index (χ3n) is 2.34. The largest absolute Gasteiger partial charge is 0.480 e. The molecule has 1 atom stereocenters. The monoisotopic (exact) mass is 230 g/mol. The predicted octanol–water partition coefficient (Wildman–Crippen LogP) is 0.875. The SMILES string of the molecule is CCCCC(NC(=O)CCCCN)C(=O)O. The molecule has 16 heavy (non-hydrogen) atoms. The Labute approximate surface area is 96.4 Å². The Kier molecular flexibility index (Phi) is 8.52. The summed E-state index contributed by atoms with van der Waals surface area (Å²) in [6.45, 7) is 2.55. The predicted molar refractivity (Wildman–Crippen MR) is 62.0 cm³/mol. The molecule has 4 N–H and O–H groups in total. The molecule has 0 radical (unpaired) electrons. The summed E-state index contributed by atoms with van der Waals surface area (Å²) in [7, 11) is 0. The standard InChI is InChI=1S/C11H22N2O3/c1-2-3-6-9(11(15)16)13-10(14)7-4-5-8-12/h9H,2-8,12H2,1H3,(H,13,14)(H,15,16). The molecule has 0 spiro atoms. The number of aliphatic carboxylic acids is 1. The van der Waals surface area contributed by atoms with E-state index in [1.807, 2.05) is 6.92 Å². The fourth-order valence-electron chi connectivity index (χ4n) is 1.36. The van der Waals surface area contributed by atoms with Crippen LogP contribution in [0.1, 0.15) is 45.4 Å². The third kappa shape index (κ3) is 7.23. The normalized spacial score (nSPS) is 12.1. The number of amides is 1. The highest BCUT2D eigenvalue weighted by molar-refractivity contribution is 5.83. The van der Waals surface area contributed by atoms with Crippen LogP contribution >= 0.6 is 0 Å². The summed E-state index contributed by atoms with van der Waals surface area (Å²) in [4.78, 5) is 22.2. The van der Waals surface area contributed by atoms with Gasteiger partial charge < -0.3 is 16.2 Å². The van der Waals surface area contributed by atoms with Crippen molar-refractivity contribution in [2.45, 2.75) is 51.5 Å². The van der Waals surface area contributed by atoms with Crippen molar-refractivity contribution < 1.29 is 14.7 Å². The highest BCUT2D eigenvalue weighted by atomic mass is 16.4. The van der Waals surface area contributed by atoms with E-state index in [2.05, 4.69) is 5.32 Å². The number of nitrogens with one attached hydrogen (secondary N) is 1. The molecule has 1 unspecified atom stereocenters. The number of carbonyl (C=O) groups excluding carboxylic acids is 1. The minimum absolute atomic E-state index is 0.197. The second-order valence-corrected chi connectivity index (χ2v) is 3.85. The zero-order valence-electron chi connectivity index (χ0n) is 9.87. The molecule has 0 aliphatic heterocycles. The van der Waals surface area contributed by atoms with Crippen LogP contribution in [-0.4, -0.2) is 29.6 Å². The summed E-state index contributed by atoms with van der Waals surface area (Å²) in [6, 6.07) is -0.745. The number of unbranched alkanes of at least 4 members (excludes halogenated alkanes) is 2. The summed E-state index contributed by atoms with van der Waals surface area (Å²) in [5, 5.41) is 11.4. The molecule has 0 aromatic rings. The van der Waals surface area contributed by atoms with Crippen LogP contribution in [0.15, 0.2) is 0 Å². The van der Waals surface area contributed by atoms with Crippen LogP contribution in [0.5, 0.6) is 0 Å². The van der Waals surface area contributed by atoms with E-state index in [0.717, 1.165) is 19.3 Å². The molecule has 0 saturated heterocycles. The van der Waals surface area contributed by atoms with E-state index in [-0.39, 0.29) is 5.91 Å². The highest BCUT2D eigenvalue weighted by Crippen LogP contribution is 2.02. The molecule has 0 aliphatic rings. The van der Waals surface area contributed by atoms with Crippen LogP contribution in [-0.2, 0) is 9.59 Å². The van der Waals surface area contributed by atoms with Gasteiger partial charge in [0.25, 0.3) is 0 Å². The fraction of sp³-hybridized carbons (Fsp3) is 0.818. The molecule has 0 saturated carbocycles.